The van der Waals surface area contributed by atoms with Crippen LogP contribution in [0.3, 0.4) is 0 Å². The van der Waals surface area contributed by atoms with E-state index in [1.165, 1.54) is 71.0 Å². The van der Waals surface area contributed by atoms with E-state index in [1.807, 2.05) is 11.8 Å². The Morgan fingerprint density at radius 1 is 0.525 bits per heavy atom. The maximum Gasteiger partial charge on any atom is 0.0200 e. The van der Waals surface area contributed by atoms with Gasteiger partial charge >= 0.3 is 0 Å². The number of rotatable bonds is 6. The standard InChI is InChI=1S/C39H34S/c1-27-13-4-6-19-34(27)36-22-12-21-35(29(36)3)32-17-10-15-30(25-32)31-16-11-18-33(26-31)37-20-7-9-24-39(37)40-38-23-8-5-14-28(38)2/h4-5,7-18,20-26H,6,19H2,1-3H3. The molecule has 0 saturated heterocycles. The molecule has 0 N–H and O–H groups in total. The molecule has 0 atom stereocenters. The number of benzene rings is 5. The summed E-state index contributed by atoms with van der Waals surface area (Å²) < 4.78 is 0. The average Bonchev–Trinajstić information content (AvgIpc) is 2.99. The molecule has 0 unspecified atom stereocenters. The number of hydrogen-bond acceptors (Lipinski definition) is 1. The van der Waals surface area contributed by atoms with Gasteiger partial charge in [-0.25, -0.2) is 0 Å². The quantitative estimate of drug-likeness (QED) is 0.209. The summed E-state index contributed by atoms with van der Waals surface area (Å²) in [7, 11) is 0. The Morgan fingerprint density at radius 3 is 1.82 bits per heavy atom. The second-order valence-corrected chi connectivity index (χ2v) is 11.7. The molecular weight excluding hydrogens is 500 g/mol. The van der Waals surface area contributed by atoms with Crippen LogP contribution >= 0.6 is 11.8 Å². The molecule has 6 rings (SSSR count). The van der Waals surface area contributed by atoms with E-state index >= 15 is 0 Å². The predicted molar refractivity (Wildman–Crippen MR) is 174 cm³/mol. The smallest absolute Gasteiger partial charge is 0.0200 e. The molecule has 1 aliphatic rings. The van der Waals surface area contributed by atoms with E-state index in [0.29, 0.717) is 0 Å². The molecule has 0 radical (unpaired) electrons. The van der Waals surface area contributed by atoms with E-state index < -0.39 is 0 Å². The van der Waals surface area contributed by atoms with Crippen molar-refractivity contribution in [1.29, 1.82) is 0 Å². The Morgan fingerprint density at radius 2 is 1.10 bits per heavy atom. The van der Waals surface area contributed by atoms with E-state index in [0.717, 1.165) is 12.8 Å². The Hall–Kier alpha value is -4.07. The van der Waals surface area contributed by atoms with Crippen molar-refractivity contribution in [3.63, 3.8) is 0 Å². The normalized spacial score (nSPS) is 13.1. The predicted octanol–water partition coefficient (Wildman–Crippen LogP) is 11.6. The van der Waals surface area contributed by atoms with Crippen molar-refractivity contribution in [2.75, 3.05) is 0 Å². The van der Waals surface area contributed by atoms with Crippen LogP contribution in [-0.2, 0) is 0 Å². The molecule has 0 spiro atoms. The van der Waals surface area contributed by atoms with Gasteiger partial charge in [0.1, 0.15) is 0 Å². The highest BCUT2D eigenvalue weighted by atomic mass is 32.2. The van der Waals surface area contributed by atoms with Gasteiger partial charge in [0.25, 0.3) is 0 Å². The highest BCUT2D eigenvalue weighted by Crippen LogP contribution is 2.39. The molecule has 0 fully saturated rings. The summed E-state index contributed by atoms with van der Waals surface area (Å²) in [6, 6.07) is 42.1. The highest BCUT2D eigenvalue weighted by molar-refractivity contribution is 7.99. The topological polar surface area (TPSA) is 0 Å². The molecule has 40 heavy (non-hydrogen) atoms. The van der Waals surface area contributed by atoms with Crippen LogP contribution in [0, 0.1) is 13.8 Å². The zero-order valence-corrected chi connectivity index (χ0v) is 24.3. The zero-order valence-electron chi connectivity index (χ0n) is 23.4. The highest BCUT2D eigenvalue weighted by Gasteiger charge is 2.14. The van der Waals surface area contributed by atoms with Gasteiger partial charge < -0.3 is 0 Å². The lowest BCUT2D eigenvalue weighted by atomic mass is 9.86. The monoisotopic (exact) mass is 534 g/mol. The van der Waals surface area contributed by atoms with Gasteiger partial charge in [-0.2, -0.15) is 0 Å². The van der Waals surface area contributed by atoms with Crippen molar-refractivity contribution >= 4 is 17.3 Å². The van der Waals surface area contributed by atoms with Crippen LogP contribution < -0.4 is 0 Å². The first-order chi connectivity index (χ1) is 19.6. The van der Waals surface area contributed by atoms with E-state index in [-0.39, 0.29) is 0 Å². The van der Waals surface area contributed by atoms with Gasteiger partial charge in [-0.05, 0) is 119 Å². The first kappa shape index (κ1) is 26.2. The lowest BCUT2D eigenvalue weighted by Gasteiger charge is -2.18. The first-order valence-electron chi connectivity index (χ1n) is 14.1. The van der Waals surface area contributed by atoms with Gasteiger partial charge in [-0.1, -0.05) is 115 Å². The maximum atomic E-state index is 2.35. The van der Waals surface area contributed by atoms with Gasteiger partial charge in [0.15, 0.2) is 0 Å². The van der Waals surface area contributed by atoms with Crippen molar-refractivity contribution in [3.05, 3.63) is 150 Å². The SMILES string of the molecule is CC1=C(c2cccc(-c3cccc(-c4cccc(-c5ccccc5Sc5ccccc5C)c4)c3)c2C)CCC=C1. The summed E-state index contributed by atoms with van der Waals surface area (Å²) in [5, 5.41) is 0. The van der Waals surface area contributed by atoms with Gasteiger partial charge in [-0.3, -0.25) is 0 Å². The summed E-state index contributed by atoms with van der Waals surface area (Å²) >= 11 is 1.84. The maximum absolute atomic E-state index is 2.35. The average molecular weight is 535 g/mol. The third-order valence-electron chi connectivity index (χ3n) is 7.94. The van der Waals surface area contributed by atoms with Crippen molar-refractivity contribution in [2.45, 2.75) is 43.4 Å². The summed E-state index contributed by atoms with van der Waals surface area (Å²) in [5.41, 5.74) is 14.5. The molecule has 0 nitrogen and oxygen atoms in total. The summed E-state index contributed by atoms with van der Waals surface area (Å²) in [5.74, 6) is 0. The molecule has 5 aromatic rings. The van der Waals surface area contributed by atoms with E-state index in [4.69, 9.17) is 0 Å². The molecule has 0 aliphatic heterocycles. The Labute approximate surface area is 243 Å². The third kappa shape index (κ3) is 5.35. The van der Waals surface area contributed by atoms with Crippen LogP contribution in [0.4, 0.5) is 0 Å². The number of allylic oxidation sites excluding steroid dienone is 4. The molecule has 0 aromatic heterocycles. The Kier molecular flexibility index (Phi) is 7.58. The summed E-state index contributed by atoms with van der Waals surface area (Å²) in [6.07, 6.45) is 6.80. The fourth-order valence-electron chi connectivity index (χ4n) is 5.72. The Bertz CT molecular complexity index is 1750. The molecular formula is C39H34S. The minimum atomic E-state index is 1.11. The zero-order chi connectivity index (χ0) is 27.5. The molecule has 0 bridgehead atoms. The van der Waals surface area contributed by atoms with E-state index in [2.05, 4.69) is 148 Å². The lowest BCUT2D eigenvalue weighted by Crippen LogP contribution is -1.97. The molecule has 5 aromatic carbocycles. The van der Waals surface area contributed by atoms with Gasteiger partial charge in [0, 0.05) is 9.79 Å². The van der Waals surface area contributed by atoms with Gasteiger partial charge in [-0.15, -0.1) is 0 Å². The minimum Gasteiger partial charge on any atom is -0.0892 e. The van der Waals surface area contributed by atoms with Crippen molar-refractivity contribution in [2.24, 2.45) is 0 Å². The van der Waals surface area contributed by atoms with Crippen LogP contribution in [0.2, 0.25) is 0 Å². The fourth-order valence-corrected chi connectivity index (χ4v) is 6.78. The summed E-state index contributed by atoms with van der Waals surface area (Å²) in [6.45, 7) is 6.70. The fraction of sp³-hybridized carbons (Fsp3) is 0.128. The lowest BCUT2D eigenvalue weighted by molar-refractivity contribution is 1.03. The van der Waals surface area contributed by atoms with E-state index in [1.54, 1.807) is 0 Å². The second kappa shape index (κ2) is 11.6. The number of hydrogen-bond donors (Lipinski definition) is 0. The van der Waals surface area contributed by atoms with Crippen LogP contribution in [-0.4, -0.2) is 0 Å². The Balaban J connectivity index is 1.36. The van der Waals surface area contributed by atoms with E-state index in [9.17, 15) is 0 Å². The van der Waals surface area contributed by atoms with Crippen LogP contribution in [0.5, 0.6) is 0 Å². The minimum absolute atomic E-state index is 1.11. The van der Waals surface area contributed by atoms with Gasteiger partial charge in [0.05, 0.1) is 0 Å². The van der Waals surface area contributed by atoms with Crippen LogP contribution in [0.15, 0.2) is 143 Å². The third-order valence-corrected chi connectivity index (χ3v) is 9.20. The molecule has 0 saturated carbocycles. The first-order valence-corrected chi connectivity index (χ1v) is 14.9. The largest absolute Gasteiger partial charge is 0.0892 e. The van der Waals surface area contributed by atoms with Gasteiger partial charge in [0.2, 0.25) is 0 Å². The van der Waals surface area contributed by atoms with Crippen molar-refractivity contribution in [3.8, 4) is 33.4 Å². The van der Waals surface area contributed by atoms with Crippen molar-refractivity contribution < 1.29 is 0 Å². The number of aryl methyl sites for hydroxylation is 1. The van der Waals surface area contributed by atoms with Crippen molar-refractivity contribution in [1.82, 2.24) is 0 Å². The second-order valence-electron chi connectivity index (χ2n) is 10.6. The van der Waals surface area contributed by atoms with Crippen LogP contribution in [0.1, 0.15) is 36.5 Å². The molecule has 1 aliphatic carbocycles. The molecule has 196 valence electrons. The molecule has 1 heteroatoms. The van der Waals surface area contributed by atoms with Crippen LogP contribution in [0.25, 0.3) is 39.0 Å². The molecule has 0 amide bonds. The summed E-state index contributed by atoms with van der Waals surface area (Å²) in [4.78, 5) is 2.57. The molecule has 0 heterocycles.